The van der Waals surface area contributed by atoms with Crippen LogP contribution in [0.5, 0.6) is 0 Å². The highest BCUT2D eigenvalue weighted by atomic mass is 16.2. The van der Waals surface area contributed by atoms with Crippen LogP contribution >= 0.6 is 0 Å². The number of piperidine rings is 3. The Labute approximate surface area is 182 Å². The predicted molar refractivity (Wildman–Crippen MR) is 113 cm³/mol. The third-order valence-corrected chi connectivity index (χ3v) is 7.47. The van der Waals surface area contributed by atoms with E-state index >= 15 is 0 Å². The van der Waals surface area contributed by atoms with Gasteiger partial charge in [0.1, 0.15) is 5.69 Å². The van der Waals surface area contributed by atoms with E-state index in [1.54, 1.807) is 15.6 Å². The van der Waals surface area contributed by atoms with Gasteiger partial charge in [0.25, 0.3) is 5.91 Å². The Hall–Kier alpha value is -2.58. The monoisotopic (exact) mass is 428 g/mol. The van der Waals surface area contributed by atoms with E-state index in [0.29, 0.717) is 62.1 Å². The van der Waals surface area contributed by atoms with Crippen molar-refractivity contribution in [2.75, 3.05) is 45.8 Å². The van der Waals surface area contributed by atoms with Crippen LogP contribution in [0.4, 0.5) is 4.79 Å². The van der Waals surface area contributed by atoms with Gasteiger partial charge in [0.2, 0.25) is 5.91 Å². The maximum atomic E-state index is 13.2. The first-order valence-corrected chi connectivity index (χ1v) is 11.7. The summed E-state index contributed by atoms with van der Waals surface area (Å²) in [7, 11) is 0. The quantitative estimate of drug-likeness (QED) is 0.707. The maximum Gasteiger partial charge on any atom is 0.320 e. The zero-order valence-corrected chi connectivity index (χ0v) is 18.3. The van der Waals surface area contributed by atoms with Crippen molar-refractivity contribution in [1.29, 1.82) is 0 Å². The zero-order valence-electron chi connectivity index (χ0n) is 18.3. The smallest absolute Gasteiger partial charge is 0.320 e. The van der Waals surface area contributed by atoms with Crippen molar-refractivity contribution >= 4 is 17.8 Å². The van der Waals surface area contributed by atoms with E-state index in [1.165, 1.54) is 0 Å². The van der Waals surface area contributed by atoms with E-state index in [4.69, 9.17) is 0 Å². The number of carbonyl (C=O) groups excluding carboxylic acids is 3. The third-order valence-electron chi connectivity index (χ3n) is 7.47. The lowest BCUT2D eigenvalue weighted by Crippen LogP contribution is -2.63. The summed E-state index contributed by atoms with van der Waals surface area (Å²) in [6.45, 7) is 7.19. The second kappa shape index (κ2) is 8.16. The maximum absolute atomic E-state index is 13.2. The Morgan fingerprint density at radius 3 is 2.58 bits per heavy atom. The molecule has 0 radical (unpaired) electrons. The molecule has 0 aliphatic carbocycles. The highest BCUT2D eigenvalue weighted by Crippen LogP contribution is 2.38. The average Bonchev–Trinajstić information content (AvgIpc) is 3.28. The molecule has 0 spiro atoms. The number of nitrogens with zero attached hydrogens (tertiary/aromatic N) is 6. The Morgan fingerprint density at radius 2 is 1.84 bits per heavy atom. The number of piperazine rings is 1. The Balaban J connectivity index is 1.17. The number of fused-ring (bicyclic) bond motifs is 4. The van der Waals surface area contributed by atoms with Crippen LogP contribution in [-0.2, 0) is 11.3 Å². The molecule has 0 saturated carbocycles. The summed E-state index contributed by atoms with van der Waals surface area (Å²) in [5.74, 6) is 1.03. The average molecular weight is 429 g/mol. The lowest BCUT2D eigenvalue weighted by Gasteiger charge is -2.53. The van der Waals surface area contributed by atoms with Crippen molar-refractivity contribution in [2.45, 2.75) is 45.2 Å². The van der Waals surface area contributed by atoms with Gasteiger partial charge in [-0.05, 0) is 44.1 Å². The van der Waals surface area contributed by atoms with Crippen LogP contribution in [0, 0.1) is 11.8 Å². The van der Waals surface area contributed by atoms with Crippen molar-refractivity contribution in [3.05, 3.63) is 18.0 Å². The Kier molecular flexibility index (Phi) is 5.35. The first-order valence-electron chi connectivity index (χ1n) is 11.7. The minimum absolute atomic E-state index is 0.0612. The molecule has 1 aromatic rings. The van der Waals surface area contributed by atoms with Crippen molar-refractivity contribution < 1.29 is 14.4 Å². The largest absolute Gasteiger partial charge is 0.339 e. The van der Waals surface area contributed by atoms with Crippen LogP contribution < -0.4 is 0 Å². The highest BCUT2D eigenvalue weighted by Gasteiger charge is 2.45. The first-order chi connectivity index (χ1) is 15.0. The number of aromatic nitrogens is 2. The van der Waals surface area contributed by atoms with E-state index in [-0.39, 0.29) is 11.9 Å². The fourth-order valence-corrected chi connectivity index (χ4v) is 5.88. The van der Waals surface area contributed by atoms with Gasteiger partial charge in [-0.2, -0.15) is 5.10 Å². The SMILES string of the molecule is CCn1ccc(C(=O)N2CCN(C(=O)N3CC4CC(C3)[C@H]3CCCC(=O)N3C4)CC2)n1. The Morgan fingerprint density at radius 1 is 1.06 bits per heavy atom. The molecule has 4 aliphatic rings. The second-order valence-corrected chi connectivity index (χ2v) is 9.39. The van der Waals surface area contributed by atoms with E-state index in [1.807, 2.05) is 22.9 Å². The molecular formula is C22H32N6O3. The summed E-state index contributed by atoms with van der Waals surface area (Å²) < 4.78 is 1.75. The van der Waals surface area contributed by atoms with Gasteiger partial charge in [-0.15, -0.1) is 0 Å². The highest BCUT2D eigenvalue weighted by molar-refractivity contribution is 5.92. The van der Waals surface area contributed by atoms with Crippen LogP contribution in [0.2, 0.25) is 0 Å². The van der Waals surface area contributed by atoms with E-state index in [2.05, 4.69) is 10.00 Å². The molecule has 9 nitrogen and oxygen atoms in total. The normalized spacial score (nSPS) is 28.5. The van der Waals surface area contributed by atoms with Crippen LogP contribution in [0.3, 0.4) is 0 Å². The lowest BCUT2D eigenvalue weighted by atomic mass is 9.76. The molecule has 5 rings (SSSR count). The van der Waals surface area contributed by atoms with Crippen LogP contribution in [0.15, 0.2) is 12.3 Å². The van der Waals surface area contributed by atoms with E-state index in [0.717, 1.165) is 45.4 Å². The molecule has 4 amide bonds. The van der Waals surface area contributed by atoms with Gasteiger partial charge in [0.15, 0.2) is 0 Å². The molecule has 2 bridgehead atoms. The van der Waals surface area contributed by atoms with Crippen molar-refractivity contribution in [3.8, 4) is 0 Å². The molecular weight excluding hydrogens is 396 g/mol. The summed E-state index contributed by atoms with van der Waals surface area (Å²) in [5.41, 5.74) is 0.470. The van der Waals surface area contributed by atoms with Gasteiger partial charge in [0.05, 0.1) is 0 Å². The molecule has 3 atom stereocenters. The Bertz CT molecular complexity index is 861. The molecule has 0 aromatic carbocycles. The number of carbonyl (C=O) groups is 3. The fourth-order valence-electron chi connectivity index (χ4n) is 5.88. The van der Waals surface area contributed by atoms with Crippen molar-refractivity contribution in [1.82, 2.24) is 29.4 Å². The molecule has 168 valence electrons. The van der Waals surface area contributed by atoms with E-state index < -0.39 is 0 Å². The lowest BCUT2D eigenvalue weighted by molar-refractivity contribution is -0.144. The molecule has 4 fully saturated rings. The summed E-state index contributed by atoms with van der Waals surface area (Å²) in [4.78, 5) is 46.1. The number of likely N-dealkylation sites (tertiary alicyclic amines) is 1. The molecule has 1 aromatic heterocycles. The number of rotatable bonds is 2. The first kappa shape index (κ1) is 20.3. The number of amides is 4. The molecule has 9 heteroatoms. The van der Waals surface area contributed by atoms with Crippen LogP contribution in [0.25, 0.3) is 0 Å². The number of hydrogen-bond donors (Lipinski definition) is 0. The topological polar surface area (TPSA) is 82.0 Å². The van der Waals surface area contributed by atoms with Crippen LogP contribution in [-0.4, -0.2) is 99.1 Å². The summed E-state index contributed by atoms with van der Waals surface area (Å²) >= 11 is 0. The van der Waals surface area contributed by atoms with Gasteiger partial charge in [-0.25, -0.2) is 4.79 Å². The van der Waals surface area contributed by atoms with Gasteiger partial charge < -0.3 is 19.6 Å². The predicted octanol–water partition coefficient (Wildman–Crippen LogP) is 1.11. The summed E-state index contributed by atoms with van der Waals surface area (Å²) in [5, 5.41) is 4.31. The number of aryl methyl sites for hydroxylation is 1. The summed E-state index contributed by atoms with van der Waals surface area (Å²) in [6.07, 6.45) is 5.67. The zero-order chi connectivity index (χ0) is 21.5. The number of hydrogen-bond acceptors (Lipinski definition) is 4. The molecule has 4 aliphatic heterocycles. The molecule has 0 N–H and O–H groups in total. The molecule has 5 heterocycles. The molecule has 4 saturated heterocycles. The third kappa shape index (κ3) is 3.78. The minimum Gasteiger partial charge on any atom is -0.339 e. The minimum atomic E-state index is -0.0612. The molecule has 2 unspecified atom stereocenters. The van der Waals surface area contributed by atoms with Gasteiger partial charge in [-0.3, -0.25) is 14.3 Å². The van der Waals surface area contributed by atoms with Gasteiger partial charge >= 0.3 is 6.03 Å². The second-order valence-electron chi connectivity index (χ2n) is 9.39. The summed E-state index contributed by atoms with van der Waals surface area (Å²) in [6, 6.07) is 2.16. The van der Waals surface area contributed by atoms with E-state index in [9.17, 15) is 14.4 Å². The van der Waals surface area contributed by atoms with Crippen molar-refractivity contribution in [2.24, 2.45) is 11.8 Å². The van der Waals surface area contributed by atoms with Gasteiger partial charge in [-0.1, -0.05) is 0 Å². The molecule has 31 heavy (non-hydrogen) atoms. The van der Waals surface area contributed by atoms with Crippen LogP contribution in [0.1, 0.15) is 43.1 Å². The van der Waals surface area contributed by atoms with Gasteiger partial charge in [0, 0.05) is 71.0 Å². The standard InChI is InChI=1S/C22H32N6O3/c1-2-27-7-6-18(23-27)21(30)24-8-10-25(11-9-24)22(31)26-13-16-12-17(15-26)19-4-3-5-20(29)28(19)14-16/h6-7,16-17,19H,2-5,8-15H2,1H3/t16?,17?,19-/m1/s1. The number of urea groups is 1. The fraction of sp³-hybridized carbons (Fsp3) is 0.727. The van der Waals surface area contributed by atoms with Crippen molar-refractivity contribution in [3.63, 3.8) is 0 Å².